The lowest BCUT2D eigenvalue weighted by atomic mass is 10.1. The van der Waals surface area contributed by atoms with Gasteiger partial charge in [-0.2, -0.15) is 0 Å². The zero-order valence-corrected chi connectivity index (χ0v) is 15.4. The van der Waals surface area contributed by atoms with Crippen LogP contribution in [0.5, 0.6) is 5.88 Å². The van der Waals surface area contributed by atoms with Crippen LogP contribution in [0, 0.1) is 6.92 Å². The fourth-order valence-electron chi connectivity index (χ4n) is 2.92. The number of nitrogens with one attached hydrogen (secondary N) is 1. The van der Waals surface area contributed by atoms with Crippen molar-refractivity contribution in [3.63, 3.8) is 0 Å². The fourth-order valence-corrected chi connectivity index (χ4v) is 2.92. The third-order valence-electron chi connectivity index (χ3n) is 4.21. The summed E-state index contributed by atoms with van der Waals surface area (Å²) in [7, 11) is 0. The number of nitrogens with zero attached hydrogens (tertiary/aromatic N) is 3. The number of hydrogen-bond donors (Lipinski definition) is 1. The molecule has 8 nitrogen and oxygen atoms in total. The van der Waals surface area contributed by atoms with Crippen molar-refractivity contribution in [2.24, 2.45) is 0 Å². The number of ether oxygens (including phenoxy) is 1. The first-order valence-electron chi connectivity index (χ1n) is 8.83. The van der Waals surface area contributed by atoms with E-state index in [9.17, 15) is 4.79 Å². The van der Waals surface area contributed by atoms with Gasteiger partial charge < -0.3 is 19.0 Å². The van der Waals surface area contributed by atoms with Gasteiger partial charge in [0.25, 0.3) is 11.6 Å². The minimum atomic E-state index is -0.280. The summed E-state index contributed by atoms with van der Waals surface area (Å²) >= 11 is 0. The molecule has 0 saturated heterocycles. The number of aromatic nitrogens is 3. The van der Waals surface area contributed by atoms with Crippen molar-refractivity contribution in [1.29, 1.82) is 0 Å². The molecule has 0 atom stereocenters. The lowest BCUT2D eigenvalue weighted by molar-refractivity contribution is 0.0952. The molecule has 4 heterocycles. The first-order valence-corrected chi connectivity index (χ1v) is 8.83. The number of furan rings is 1. The summed E-state index contributed by atoms with van der Waals surface area (Å²) in [5.41, 5.74) is 2.58. The van der Waals surface area contributed by atoms with Gasteiger partial charge in [0.1, 0.15) is 5.69 Å². The average molecular weight is 378 g/mol. The number of aryl methyl sites for hydroxylation is 1. The zero-order valence-electron chi connectivity index (χ0n) is 15.4. The topological polar surface area (TPSA) is 103 Å². The van der Waals surface area contributed by atoms with Crippen LogP contribution in [0.15, 0.2) is 51.7 Å². The number of amides is 1. The lowest BCUT2D eigenvalue weighted by Crippen LogP contribution is -2.23. The maximum atomic E-state index is 13.0. The molecule has 0 bridgehead atoms. The molecule has 0 unspecified atom stereocenters. The van der Waals surface area contributed by atoms with Gasteiger partial charge in [0.2, 0.25) is 5.88 Å². The number of rotatable bonds is 6. The van der Waals surface area contributed by atoms with Crippen molar-refractivity contribution in [3.8, 4) is 17.3 Å². The van der Waals surface area contributed by atoms with Gasteiger partial charge in [-0.3, -0.25) is 4.79 Å². The van der Waals surface area contributed by atoms with Crippen molar-refractivity contribution in [1.82, 2.24) is 20.4 Å². The van der Waals surface area contributed by atoms with Crippen LogP contribution in [0.1, 0.15) is 28.5 Å². The summed E-state index contributed by atoms with van der Waals surface area (Å²) in [6, 6.07) is 8.86. The molecule has 0 radical (unpaired) electrons. The molecule has 0 saturated carbocycles. The first-order chi connectivity index (χ1) is 13.7. The Morgan fingerprint density at radius 3 is 2.96 bits per heavy atom. The van der Waals surface area contributed by atoms with E-state index in [0.29, 0.717) is 40.6 Å². The van der Waals surface area contributed by atoms with Crippen molar-refractivity contribution in [2.45, 2.75) is 20.4 Å². The molecule has 4 aromatic heterocycles. The summed E-state index contributed by atoms with van der Waals surface area (Å²) in [4.78, 5) is 21.6. The number of hydrogen-bond acceptors (Lipinski definition) is 7. The van der Waals surface area contributed by atoms with Gasteiger partial charge in [-0.1, -0.05) is 11.2 Å². The maximum Gasteiger partial charge on any atom is 0.259 e. The van der Waals surface area contributed by atoms with Crippen LogP contribution < -0.4 is 10.1 Å². The molecule has 1 amide bonds. The van der Waals surface area contributed by atoms with E-state index in [1.165, 1.54) is 0 Å². The number of fused-ring (bicyclic) bond motifs is 1. The predicted octanol–water partition coefficient (Wildman–Crippen LogP) is 3.51. The van der Waals surface area contributed by atoms with Crippen LogP contribution in [0.25, 0.3) is 22.6 Å². The Morgan fingerprint density at radius 2 is 2.18 bits per heavy atom. The molecular formula is C20H18N4O4. The van der Waals surface area contributed by atoms with E-state index in [0.717, 1.165) is 5.56 Å². The minimum Gasteiger partial charge on any atom is -0.478 e. The van der Waals surface area contributed by atoms with E-state index >= 15 is 0 Å². The second-order valence-electron chi connectivity index (χ2n) is 6.06. The van der Waals surface area contributed by atoms with Gasteiger partial charge in [-0.05, 0) is 38.1 Å². The third kappa shape index (κ3) is 3.32. The Hall–Kier alpha value is -3.68. The van der Waals surface area contributed by atoms with Gasteiger partial charge in [0.15, 0.2) is 5.76 Å². The largest absolute Gasteiger partial charge is 0.478 e. The highest BCUT2D eigenvalue weighted by Crippen LogP contribution is 2.27. The molecule has 0 aliphatic carbocycles. The van der Waals surface area contributed by atoms with Crippen LogP contribution in [0.4, 0.5) is 0 Å². The molecule has 8 heteroatoms. The maximum absolute atomic E-state index is 13.0. The van der Waals surface area contributed by atoms with Gasteiger partial charge in [-0.25, -0.2) is 9.97 Å². The molecule has 0 spiro atoms. The highest BCUT2D eigenvalue weighted by atomic mass is 16.5. The van der Waals surface area contributed by atoms with E-state index in [1.54, 1.807) is 43.6 Å². The highest BCUT2D eigenvalue weighted by molar-refractivity contribution is 6.06. The van der Waals surface area contributed by atoms with Gasteiger partial charge in [-0.15, -0.1) is 0 Å². The molecule has 4 rings (SSSR count). The summed E-state index contributed by atoms with van der Waals surface area (Å²) in [6.45, 7) is 4.42. The first kappa shape index (κ1) is 17.7. The highest BCUT2D eigenvalue weighted by Gasteiger charge is 2.20. The van der Waals surface area contributed by atoms with Crippen LogP contribution in [-0.4, -0.2) is 27.6 Å². The average Bonchev–Trinajstić information content (AvgIpc) is 3.37. The summed E-state index contributed by atoms with van der Waals surface area (Å²) in [5, 5.41) is 7.42. The third-order valence-corrected chi connectivity index (χ3v) is 4.21. The zero-order chi connectivity index (χ0) is 19.5. The Balaban J connectivity index is 1.66. The molecule has 0 aliphatic heterocycles. The molecule has 142 valence electrons. The van der Waals surface area contributed by atoms with Gasteiger partial charge in [0.05, 0.1) is 29.5 Å². The second kappa shape index (κ2) is 7.51. The molecule has 4 aromatic rings. The van der Waals surface area contributed by atoms with E-state index in [-0.39, 0.29) is 18.2 Å². The molecule has 1 N–H and O–H groups in total. The normalized spacial score (nSPS) is 10.9. The quantitative estimate of drug-likeness (QED) is 0.547. The smallest absolute Gasteiger partial charge is 0.259 e. The van der Waals surface area contributed by atoms with Gasteiger partial charge >= 0.3 is 0 Å². The van der Waals surface area contributed by atoms with E-state index < -0.39 is 0 Å². The van der Waals surface area contributed by atoms with Crippen LogP contribution in [0.2, 0.25) is 0 Å². The number of carbonyl (C=O) groups excluding carboxylic acids is 1. The molecule has 0 aromatic carbocycles. The Morgan fingerprint density at radius 1 is 1.29 bits per heavy atom. The van der Waals surface area contributed by atoms with Crippen molar-refractivity contribution in [3.05, 3.63) is 59.6 Å². The van der Waals surface area contributed by atoms with Crippen LogP contribution >= 0.6 is 0 Å². The molecule has 0 fully saturated rings. The number of pyridine rings is 2. The summed E-state index contributed by atoms with van der Waals surface area (Å²) < 4.78 is 16.2. The second-order valence-corrected chi connectivity index (χ2v) is 6.06. The molecule has 28 heavy (non-hydrogen) atoms. The Labute approximate surface area is 160 Å². The number of carbonyl (C=O) groups is 1. The standard InChI is InChI=1S/C20H18N4O4/c1-3-26-19-13(6-4-8-21-19)11-22-18(25)14-10-15(16-7-5-9-27-16)23-20-17(14)12(2)24-28-20/h4-10H,3,11H2,1-2H3,(H,22,25). The van der Waals surface area contributed by atoms with Crippen molar-refractivity contribution >= 4 is 17.0 Å². The fraction of sp³-hybridized carbons (Fsp3) is 0.200. The van der Waals surface area contributed by atoms with E-state index in [2.05, 4.69) is 20.4 Å². The monoisotopic (exact) mass is 378 g/mol. The minimum absolute atomic E-state index is 0.270. The van der Waals surface area contributed by atoms with Crippen LogP contribution in [-0.2, 0) is 6.54 Å². The molecule has 0 aliphatic rings. The van der Waals surface area contributed by atoms with Crippen molar-refractivity contribution < 1.29 is 18.5 Å². The Kier molecular flexibility index (Phi) is 4.76. The molecular weight excluding hydrogens is 360 g/mol. The van der Waals surface area contributed by atoms with E-state index in [4.69, 9.17) is 13.7 Å². The van der Waals surface area contributed by atoms with Crippen molar-refractivity contribution in [2.75, 3.05) is 6.61 Å². The lowest BCUT2D eigenvalue weighted by Gasteiger charge is -2.10. The SMILES string of the molecule is CCOc1ncccc1CNC(=O)c1cc(-c2ccco2)nc2onc(C)c12. The van der Waals surface area contributed by atoms with Crippen LogP contribution in [0.3, 0.4) is 0 Å². The Bertz CT molecular complexity index is 1120. The van der Waals surface area contributed by atoms with E-state index in [1.807, 2.05) is 13.0 Å². The van der Waals surface area contributed by atoms with Gasteiger partial charge in [0, 0.05) is 18.3 Å². The predicted molar refractivity (Wildman–Crippen MR) is 101 cm³/mol. The summed E-state index contributed by atoms with van der Waals surface area (Å²) in [6.07, 6.45) is 3.20. The summed E-state index contributed by atoms with van der Waals surface area (Å²) in [5.74, 6) is 0.760.